The van der Waals surface area contributed by atoms with Crippen LogP contribution in [0.15, 0.2) is 30.5 Å². The number of carbonyl (C=O) groups excluding carboxylic acids is 1. The fraction of sp³-hybridized carbons (Fsp3) is 0.478. The van der Waals surface area contributed by atoms with Gasteiger partial charge in [-0.2, -0.15) is 10.4 Å². The van der Waals surface area contributed by atoms with Crippen molar-refractivity contribution < 1.29 is 19.1 Å². The van der Waals surface area contributed by atoms with Crippen LogP contribution in [0.2, 0.25) is 0 Å². The van der Waals surface area contributed by atoms with E-state index in [1.165, 1.54) is 35.4 Å². The Morgan fingerprint density at radius 3 is 2.48 bits per heavy atom. The minimum Gasteiger partial charge on any atom is -0.465 e. The Hall–Kier alpha value is -3.61. The number of nitriles is 1. The van der Waals surface area contributed by atoms with Gasteiger partial charge in [-0.15, -0.1) is 0 Å². The van der Waals surface area contributed by atoms with Gasteiger partial charge in [-0.1, -0.05) is 19.3 Å². The van der Waals surface area contributed by atoms with Crippen LogP contribution < -0.4 is 11.1 Å². The second kappa shape index (κ2) is 9.48. The third-order valence-corrected chi connectivity index (χ3v) is 6.78. The number of carbonyl (C=O) groups is 2. The average molecular weight is 455 g/mol. The highest BCUT2D eigenvalue weighted by Crippen LogP contribution is 2.41. The van der Waals surface area contributed by atoms with E-state index in [2.05, 4.69) is 16.5 Å². The highest BCUT2D eigenvalue weighted by Gasteiger charge is 2.46. The smallest absolute Gasteiger partial charge is 0.407 e. The predicted molar refractivity (Wildman–Crippen MR) is 118 cm³/mol. The van der Waals surface area contributed by atoms with Crippen molar-refractivity contribution in [2.75, 3.05) is 11.9 Å². The summed E-state index contributed by atoms with van der Waals surface area (Å²) in [6.45, 7) is 0.284. The molecule has 4 N–H and O–H groups in total. The van der Waals surface area contributed by atoms with Gasteiger partial charge in [0, 0.05) is 18.4 Å². The molecule has 10 heteroatoms. The van der Waals surface area contributed by atoms with Crippen LogP contribution in [0, 0.1) is 29.0 Å². The lowest BCUT2D eigenvalue weighted by Crippen LogP contribution is -2.55. The molecular formula is C23H27FN6O3. The Morgan fingerprint density at radius 2 is 1.88 bits per heavy atom. The highest BCUT2D eigenvalue weighted by atomic mass is 19.1. The van der Waals surface area contributed by atoms with Crippen molar-refractivity contribution in [3.05, 3.63) is 41.8 Å². The number of carboxylic acid groups (broad SMARTS) is 1. The van der Waals surface area contributed by atoms with Gasteiger partial charge < -0.3 is 21.1 Å². The lowest BCUT2D eigenvalue weighted by atomic mass is 9.73. The number of aromatic nitrogens is 2. The number of halogens is 1. The molecule has 2 amide bonds. The third-order valence-electron chi connectivity index (χ3n) is 6.78. The monoisotopic (exact) mass is 454 g/mol. The maximum Gasteiger partial charge on any atom is 0.407 e. The van der Waals surface area contributed by atoms with Crippen molar-refractivity contribution in [3.63, 3.8) is 0 Å². The molecule has 2 fully saturated rings. The molecule has 2 aromatic rings. The van der Waals surface area contributed by atoms with Gasteiger partial charge in [0.05, 0.1) is 24.1 Å². The van der Waals surface area contributed by atoms with Crippen molar-refractivity contribution in [3.8, 4) is 6.07 Å². The second-order valence-electron chi connectivity index (χ2n) is 8.74. The number of benzene rings is 1. The number of piperidine rings is 1. The van der Waals surface area contributed by atoms with Crippen LogP contribution in [0.4, 0.5) is 20.7 Å². The fourth-order valence-corrected chi connectivity index (χ4v) is 5.23. The van der Waals surface area contributed by atoms with E-state index < -0.39 is 35.8 Å². The molecular weight excluding hydrogens is 427 g/mol. The molecule has 2 aliphatic rings. The molecule has 33 heavy (non-hydrogen) atoms. The third kappa shape index (κ3) is 4.62. The van der Waals surface area contributed by atoms with E-state index in [9.17, 15) is 24.3 Å². The van der Waals surface area contributed by atoms with Crippen molar-refractivity contribution in [1.29, 1.82) is 5.26 Å². The van der Waals surface area contributed by atoms with Crippen LogP contribution >= 0.6 is 0 Å². The molecule has 4 rings (SSSR count). The summed E-state index contributed by atoms with van der Waals surface area (Å²) in [4.78, 5) is 25.5. The van der Waals surface area contributed by atoms with Crippen LogP contribution in [0.3, 0.4) is 0 Å². The summed E-state index contributed by atoms with van der Waals surface area (Å²) in [5.74, 6) is -1.37. The number of likely N-dealkylation sites (tertiary alicyclic amines) is 1. The molecule has 1 aromatic heterocycles. The SMILES string of the molecule is N#C[C@H]1C(C2CCCCC2)N(C(=O)O)CC[C@H]1n1cc(C(N)=O)c(Nc2ccc(F)cc2)n1. The summed E-state index contributed by atoms with van der Waals surface area (Å²) >= 11 is 0. The van der Waals surface area contributed by atoms with Gasteiger partial charge in [0.1, 0.15) is 11.4 Å². The van der Waals surface area contributed by atoms with E-state index in [1.54, 1.807) is 4.68 Å². The highest BCUT2D eigenvalue weighted by molar-refractivity contribution is 5.98. The molecule has 1 saturated carbocycles. The first kappa shape index (κ1) is 22.6. The maximum absolute atomic E-state index is 13.2. The van der Waals surface area contributed by atoms with E-state index in [0.29, 0.717) is 12.1 Å². The summed E-state index contributed by atoms with van der Waals surface area (Å²) in [6, 6.07) is 7.12. The number of nitrogens with zero attached hydrogens (tertiary/aromatic N) is 4. The molecule has 1 aliphatic heterocycles. The second-order valence-corrected chi connectivity index (χ2v) is 8.74. The van der Waals surface area contributed by atoms with Gasteiger partial charge in [0.15, 0.2) is 5.82 Å². The van der Waals surface area contributed by atoms with E-state index in [1.807, 2.05) is 0 Å². The Balaban J connectivity index is 1.67. The summed E-state index contributed by atoms with van der Waals surface area (Å²) in [6.07, 6.45) is 5.84. The number of hydrogen-bond donors (Lipinski definition) is 3. The largest absolute Gasteiger partial charge is 0.465 e. The normalized spacial score (nSPS) is 23.6. The molecule has 2 heterocycles. The van der Waals surface area contributed by atoms with E-state index in [-0.39, 0.29) is 23.8 Å². The number of primary amides is 1. The van der Waals surface area contributed by atoms with Gasteiger partial charge in [0.2, 0.25) is 0 Å². The van der Waals surface area contributed by atoms with Gasteiger partial charge in [-0.25, -0.2) is 9.18 Å². The molecule has 1 aromatic carbocycles. The summed E-state index contributed by atoms with van der Waals surface area (Å²) < 4.78 is 14.8. The number of hydrogen-bond acceptors (Lipinski definition) is 5. The molecule has 9 nitrogen and oxygen atoms in total. The van der Waals surface area contributed by atoms with Gasteiger partial charge in [-0.3, -0.25) is 9.48 Å². The van der Waals surface area contributed by atoms with Gasteiger partial charge in [-0.05, 0) is 49.4 Å². The number of nitrogens with one attached hydrogen (secondary N) is 1. The lowest BCUT2D eigenvalue weighted by molar-refractivity contribution is 0.0291. The van der Waals surface area contributed by atoms with Crippen molar-refractivity contribution >= 4 is 23.5 Å². The minimum absolute atomic E-state index is 0.116. The van der Waals surface area contributed by atoms with Crippen LogP contribution in [0.1, 0.15) is 54.9 Å². The van der Waals surface area contributed by atoms with Crippen molar-refractivity contribution in [1.82, 2.24) is 14.7 Å². The molecule has 3 atom stereocenters. The van der Waals surface area contributed by atoms with E-state index in [0.717, 1.165) is 32.1 Å². The Morgan fingerprint density at radius 1 is 1.18 bits per heavy atom. The van der Waals surface area contributed by atoms with Gasteiger partial charge in [0.25, 0.3) is 5.91 Å². The van der Waals surface area contributed by atoms with E-state index >= 15 is 0 Å². The molecule has 1 aliphatic carbocycles. The summed E-state index contributed by atoms with van der Waals surface area (Å²) in [7, 11) is 0. The zero-order valence-corrected chi connectivity index (χ0v) is 18.2. The first-order valence-electron chi connectivity index (χ1n) is 11.2. The van der Waals surface area contributed by atoms with Crippen LogP contribution in [0.5, 0.6) is 0 Å². The number of nitrogens with two attached hydrogens (primary N) is 1. The first-order chi connectivity index (χ1) is 15.9. The van der Waals surface area contributed by atoms with E-state index in [4.69, 9.17) is 5.73 Å². The van der Waals surface area contributed by atoms with Crippen LogP contribution in [-0.2, 0) is 0 Å². The number of amides is 2. The quantitative estimate of drug-likeness (QED) is 0.627. The Labute approximate surface area is 191 Å². The lowest BCUT2D eigenvalue weighted by Gasteiger charge is -2.46. The Bertz CT molecular complexity index is 1060. The molecule has 0 bridgehead atoms. The Kier molecular flexibility index (Phi) is 6.49. The molecule has 174 valence electrons. The maximum atomic E-state index is 13.2. The summed E-state index contributed by atoms with van der Waals surface area (Å²) in [5, 5.41) is 27.4. The summed E-state index contributed by atoms with van der Waals surface area (Å²) in [5.41, 5.74) is 6.24. The molecule has 1 saturated heterocycles. The minimum atomic E-state index is -1.01. The number of anilines is 2. The average Bonchev–Trinajstić information content (AvgIpc) is 3.24. The van der Waals surface area contributed by atoms with Gasteiger partial charge >= 0.3 is 6.09 Å². The molecule has 1 unspecified atom stereocenters. The number of rotatable bonds is 5. The standard InChI is InChI=1S/C23H27FN6O3/c24-15-6-8-16(9-7-15)27-22-18(21(26)31)13-30(28-22)19-10-11-29(23(32)33)20(17(19)12-25)14-4-2-1-3-5-14/h6-9,13-14,17,19-20H,1-5,10-11H2,(H2,26,31)(H,27,28)(H,32,33)/t17-,19-,20?/m1/s1. The topological polar surface area (TPSA) is 137 Å². The zero-order chi connectivity index (χ0) is 23.5. The van der Waals surface area contributed by atoms with Crippen molar-refractivity contribution in [2.24, 2.45) is 17.6 Å². The molecule has 0 spiro atoms. The predicted octanol–water partition coefficient (Wildman–Crippen LogP) is 3.88. The zero-order valence-electron chi connectivity index (χ0n) is 18.2. The molecule has 0 radical (unpaired) electrons. The fourth-order valence-electron chi connectivity index (χ4n) is 5.23. The van der Waals surface area contributed by atoms with Crippen molar-refractivity contribution in [2.45, 2.75) is 50.6 Å². The van der Waals surface area contributed by atoms with Crippen LogP contribution in [0.25, 0.3) is 0 Å². The first-order valence-corrected chi connectivity index (χ1v) is 11.2. The van der Waals surface area contributed by atoms with Crippen LogP contribution in [-0.4, -0.2) is 44.4 Å².